The third kappa shape index (κ3) is 3.26. The Hall–Kier alpha value is -2.00. The largest absolute Gasteiger partial charge is 0.493 e. The summed E-state index contributed by atoms with van der Waals surface area (Å²) in [6.45, 7) is 1.90. The van der Waals surface area contributed by atoms with Crippen LogP contribution in [0.25, 0.3) is 0 Å². The second-order valence-corrected chi connectivity index (χ2v) is 4.58. The smallest absolute Gasteiger partial charge is 0.161 e. The third-order valence-corrected chi connectivity index (χ3v) is 2.97. The van der Waals surface area contributed by atoms with Gasteiger partial charge in [-0.05, 0) is 24.6 Å². The van der Waals surface area contributed by atoms with Gasteiger partial charge in [-0.2, -0.15) is 0 Å². The number of rotatable bonds is 5. The minimum atomic E-state index is -1.04. The van der Waals surface area contributed by atoms with Crippen molar-refractivity contribution in [2.75, 3.05) is 13.7 Å². The van der Waals surface area contributed by atoms with Crippen LogP contribution in [-0.4, -0.2) is 18.8 Å². The lowest BCUT2D eigenvalue weighted by atomic mass is 9.97. The first kappa shape index (κ1) is 13.4. The van der Waals surface area contributed by atoms with E-state index in [0.717, 1.165) is 5.56 Å². The number of aliphatic hydroxyl groups is 1. The predicted octanol–water partition coefficient (Wildman–Crippen LogP) is 2.98. The molecule has 0 aromatic heterocycles. The first-order valence-electron chi connectivity index (χ1n) is 6.17. The molecule has 0 saturated carbocycles. The number of para-hydroxylation sites is 2. The van der Waals surface area contributed by atoms with E-state index < -0.39 is 5.60 Å². The van der Waals surface area contributed by atoms with E-state index in [9.17, 15) is 5.11 Å². The number of benzene rings is 2. The SMILES string of the molecule is COc1ccccc1OCC(C)(O)c1ccccc1. The van der Waals surface area contributed by atoms with Gasteiger partial charge in [0.25, 0.3) is 0 Å². The maximum atomic E-state index is 10.4. The first-order chi connectivity index (χ1) is 9.13. The Labute approximate surface area is 113 Å². The van der Waals surface area contributed by atoms with Crippen LogP contribution >= 0.6 is 0 Å². The van der Waals surface area contributed by atoms with Gasteiger partial charge in [0.15, 0.2) is 11.5 Å². The molecule has 0 aliphatic rings. The summed E-state index contributed by atoms with van der Waals surface area (Å²) in [6.07, 6.45) is 0. The first-order valence-corrected chi connectivity index (χ1v) is 6.17. The van der Waals surface area contributed by atoms with Crippen molar-refractivity contribution in [2.45, 2.75) is 12.5 Å². The highest BCUT2D eigenvalue weighted by Gasteiger charge is 2.24. The summed E-state index contributed by atoms with van der Waals surface area (Å²) in [6, 6.07) is 16.9. The standard InChI is InChI=1S/C16H18O3/c1-16(17,13-8-4-3-5-9-13)12-19-15-11-7-6-10-14(15)18-2/h3-11,17H,12H2,1-2H3. The fraction of sp³-hybridized carbons (Fsp3) is 0.250. The molecule has 2 aromatic rings. The highest BCUT2D eigenvalue weighted by molar-refractivity contribution is 5.39. The summed E-state index contributed by atoms with van der Waals surface area (Å²) in [7, 11) is 1.59. The summed E-state index contributed by atoms with van der Waals surface area (Å²) in [4.78, 5) is 0. The van der Waals surface area contributed by atoms with E-state index in [0.29, 0.717) is 11.5 Å². The Kier molecular flexibility index (Phi) is 4.07. The second kappa shape index (κ2) is 5.76. The van der Waals surface area contributed by atoms with Gasteiger partial charge in [0, 0.05) is 0 Å². The molecule has 0 fully saturated rings. The van der Waals surface area contributed by atoms with Crippen LogP contribution in [0.2, 0.25) is 0 Å². The van der Waals surface area contributed by atoms with E-state index in [2.05, 4.69) is 0 Å². The van der Waals surface area contributed by atoms with Crippen molar-refractivity contribution in [3.05, 3.63) is 60.2 Å². The van der Waals surface area contributed by atoms with Gasteiger partial charge in [-0.25, -0.2) is 0 Å². The molecule has 0 bridgehead atoms. The average molecular weight is 258 g/mol. The van der Waals surface area contributed by atoms with Crippen molar-refractivity contribution in [2.24, 2.45) is 0 Å². The molecule has 1 N–H and O–H groups in total. The maximum absolute atomic E-state index is 10.4. The van der Waals surface area contributed by atoms with E-state index in [1.165, 1.54) is 0 Å². The minimum Gasteiger partial charge on any atom is -0.493 e. The molecule has 19 heavy (non-hydrogen) atoms. The zero-order valence-electron chi connectivity index (χ0n) is 11.2. The molecule has 1 unspecified atom stereocenters. The zero-order chi connectivity index (χ0) is 13.7. The van der Waals surface area contributed by atoms with Crippen LogP contribution < -0.4 is 9.47 Å². The molecular formula is C16H18O3. The summed E-state index contributed by atoms with van der Waals surface area (Å²) in [5.41, 5.74) is -0.216. The highest BCUT2D eigenvalue weighted by atomic mass is 16.5. The molecule has 0 radical (unpaired) electrons. The molecule has 0 saturated heterocycles. The fourth-order valence-electron chi connectivity index (χ4n) is 1.84. The molecule has 0 heterocycles. The van der Waals surface area contributed by atoms with Crippen LogP contribution in [0, 0.1) is 0 Å². The zero-order valence-corrected chi connectivity index (χ0v) is 11.2. The van der Waals surface area contributed by atoms with Crippen LogP contribution in [-0.2, 0) is 5.60 Å². The van der Waals surface area contributed by atoms with Crippen molar-refractivity contribution in [3.8, 4) is 11.5 Å². The fourth-order valence-corrected chi connectivity index (χ4v) is 1.84. The minimum absolute atomic E-state index is 0.164. The Morgan fingerprint density at radius 2 is 1.53 bits per heavy atom. The van der Waals surface area contributed by atoms with Crippen molar-refractivity contribution in [3.63, 3.8) is 0 Å². The molecule has 3 nitrogen and oxygen atoms in total. The summed E-state index contributed by atoms with van der Waals surface area (Å²) in [5.74, 6) is 1.28. The van der Waals surface area contributed by atoms with Crippen LogP contribution in [0.3, 0.4) is 0 Å². The summed E-state index contributed by atoms with van der Waals surface area (Å²) >= 11 is 0. The van der Waals surface area contributed by atoms with Gasteiger partial charge in [0.1, 0.15) is 12.2 Å². The summed E-state index contributed by atoms with van der Waals surface area (Å²) in [5, 5.41) is 10.4. The molecule has 0 spiro atoms. The van der Waals surface area contributed by atoms with Crippen molar-refractivity contribution in [1.29, 1.82) is 0 Å². The molecule has 3 heteroatoms. The van der Waals surface area contributed by atoms with Crippen LogP contribution in [0.15, 0.2) is 54.6 Å². The van der Waals surface area contributed by atoms with Gasteiger partial charge in [-0.3, -0.25) is 0 Å². The molecular weight excluding hydrogens is 240 g/mol. The average Bonchev–Trinajstić information content (AvgIpc) is 2.46. The Morgan fingerprint density at radius 1 is 0.947 bits per heavy atom. The van der Waals surface area contributed by atoms with E-state index in [-0.39, 0.29) is 6.61 Å². The highest BCUT2D eigenvalue weighted by Crippen LogP contribution is 2.28. The van der Waals surface area contributed by atoms with Crippen molar-refractivity contribution in [1.82, 2.24) is 0 Å². The number of hydrogen-bond acceptors (Lipinski definition) is 3. The van der Waals surface area contributed by atoms with Crippen LogP contribution in [0.4, 0.5) is 0 Å². The monoisotopic (exact) mass is 258 g/mol. The van der Waals surface area contributed by atoms with Crippen molar-refractivity contribution >= 4 is 0 Å². The van der Waals surface area contributed by atoms with Crippen LogP contribution in [0.1, 0.15) is 12.5 Å². The Bertz CT molecular complexity index is 521. The number of methoxy groups -OCH3 is 1. The maximum Gasteiger partial charge on any atom is 0.161 e. The van der Waals surface area contributed by atoms with Crippen LogP contribution in [0.5, 0.6) is 11.5 Å². The van der Waals surface area contributed by atoms with E-state index >= 15 is 0 Å². The van der Waals surface area contributed by atoms with Gasteiger partial charge in [-0.15, -0.1) is 0 Å². The Balaban J connectivity index is 2.10. The lowest BCUT2D eigenvalue weighted by Gasteiger charge is -2.24. The Morgan fingerprint density at radius 3 is 2.16 bits per heavy atom. The van der Waals surface area contributed by atoms with Crippen molar-refractivity contribution < 1.29 is 14.6 Å². The molecule has 2 rings (SSSR count). The summed E-state index contributed by atoms with van der Waals surface area (Å²) < 4.78 is 10.9. The second-order valence-electron chi connectivity index (χ2n) is 4.58. The van der Waals surface area contributed by atoms with E-state index in [4.69, 9.17) is 9.47 Å². The van der Waals surface area contributed by atoms with Gasteiger partial charge >= 0.3 is 0 Å². The molecule has 0 aliphatic heterocycles. The predicted molar refractivity (Wildman–Crippen MR) is 74.5 cm³/mol. The van der Waals surface area contributed by atoms with Gasteiger partial charge in [-0.1, -0.05) is 42.5 Å². The van der Waals surface area contributed by atoms with Gasteiger partial charge in [0.05, 0.1) is 7.11 Å². The quantitative estimate of drug-likeness (QED) is 0.896. The molecule has 1 atom stereocenters. The third-order valence-electron chi connectivity index (χ3n) is 2.97. The van der Waals surface area contributed by atoms with Gasteiger partial charge < -0.3 is 14.6 Å². The lowest BCUT2D eigenvalue weighted by Crippen LogP contribution is -2.29. The number of hydrogen-bond donors (Lipinski definition) is 1. The topological polar surface area (TPSA) is 38.7 Å². The molecule has 2 aromatic carbocycles. The molecule has 0 amide bonds. The lowest BCUT2D eigenvalue weighted by molar-refractivity contribution is 0.00686. The molecule has 0 aliphatic carbocycles. The number of ether oxygens (including phenoxy) is 2. The van der Waals surface area contributed by atoms with Gasteiger partial charge in [0.2, 0.25) is 0 Å². The van der Waals surface area contributed by atoms with E-state index in [1.807, 2.05) is 54.6 Å². The molecule has 100 valence electrons. The van der Waals surface area contributed by atoms with E-state index in [1.54, 1.807) is 14.0 Å². The normalized spacial score (nSPS) is 13.6.